The van der Waals surface area contributed by atoms with Crippen molar-refractivity contribution in [3.8, 4) is 0 Å². The minimum absolute atomic E-state index is 0.681. The van der Waals surface area contributed by atoms with Crippen LogP contribution in [-0.2, 0) is 19.5 Å². The van der Waals surface area contributed by atoms with Gasteiger partial charge >= 0.3 is 0 Å². The van der Waals surface area contributed by atoms with Crippen molar-refractivity contribution in [1.29, 1.82) is 0 Å². The molecule has 2 nitrogen and oxygen atoms in total. The third-order valence-electron chi connectivity index (χ3n) is 3.80. The van der Waals surface area contributed by atoms with Gasteiger partial charge < -0.3 is 5.73 Å². The SMILES string of the molecule is Nc1cccc2c1CN(CCc1ccc(Cl)cc1Cl)C2. The molecule has 0 aliphatic carbocycles. The number of benzene rings is 2. The molecular weight excluding hydrogens is 291 g/mol. The molecule has 104 valence electrons. The summed E-state index contributed by atoms with van der Waals surface area (Å²) in [6.07, 6.45) is 0.921. The van der Waals surface area contributed by atoms with E-state index in [1.54, 1.807) is 6.07 Å². The van der Waals surface area contributed by atoms with E-state index >= 15 is 0 Å². The highest BCUT2D eigenvalue weighted by atomic mass is 35.5. The first-order valence-electron chi connectivity index (χ1n) is 6.66. The van der Waals surface area contributed by atoms with E-state index in [0.29, 0.717) is 5.02 Å². The minimum atomic E-state index is 0.681. The third-order valence-corrected chi connectivity index (χ3v) is 4.38. The van der Waals surface area contributed by atoms with Crippen LogP contribution in [0.4, 0.5) is 5.69 Å². The topological polar surface area (TPSA) is 29.3 Å². The molecule has 0 bridgehead atoms. The number of rotatable bonds is 3. The molecule has 2 N–H and O–H groups in total. The summed E-state index contributed by atoms with van der Waals surface area (Å²) in [5.74, 6) is 0. The Labute approximate surface area is 129 Å². The van der Waals surface area contributed by atoms with Crippen LogP contribution in [0.2, 0.25) is 10.0 Å². The monoisotopic (exact) mass is 306 g/mol. The molecule has 0 radical (unpaired) electrons. The third kappa shape index (κ3) is 2.78. The molecule has 1 aliphatic heterocycles. The molecule has 2 aromatic rings. The number of anilines is 1. The van der Waals surface area contributed by atoms with Gasteiger partial charge in [-0.3, -0.25) is 4.90 Å². The van der Waals surface area contributed by atoms with Gasteiger partial charge in [0.1, 0.15) is 0 Å². The zero-order valence-electron chi connectivity index (χ0n) is 11.1. The average Bonchev–Trinajstić information content (AvgIpc) is 2.82. The highest BCUT2D eigenvalue weighted by Gasteiger charge is 2.20. The standard InChI is InChI=1S/C16H16Cl2N2/c17-13-5-4-11(15(18)8-13)6-7-20-9-12-2-1-3-16(19)14(12)10-20/h1-5,8H,6-7,9-10,19H2. The van der Waals surface area contributed by atoms with Crippen molar-refractivity contribution in [3.05, 3.63) is 63.1 Å². The number of nitrogens with zero attached hydrogens (tertiary/aromatic N) is 1. The van der Waals surface area contributed by atoms with Crippen molar-refractivity contribution in [2.24, 2.45) is 0 Å². The Kier molecular flexibility index (Phi) is 3.88. The van der Waals surface area contributed by atoms with E-state index in [-0.39, 0.29) is 0 Å². The second-order valence-electron chi connectivity index (χ2n) is 5.18. The number of nitrogen functional groups attached to an aromatic ring is 1. The van der Waals surface area contributed by atoms with Gasteiger partial charge in [0.05, 0.1) is 0 Å². The first-order valence-corrected chi connectivity index (χ1v) is 7.41. The maximum atomic E-state index is 6.21. The van der Waals surface area contributed by atoms with Gasteiger partial charge in [-0.1, -0.05) is 41.4 Å². The van der Waals surface area contributed by atoms with Crippen LogP contribution in [0.1, 0.15) is 16.7 Å². The van der Waals surface area contributed by atoms with Crippen molar-refractivity contribution < 1.29 is 0 Å². The van der Waals surface area contributed by atoms with Crippen LogP contribution in [0.15, 0.2) is 36.4 Å². The van der Waals surface area contributed by atoms with Crippen molar-refractivity contribution >= 4 is 28.9 Å². The number of hydrogen-bond donors (Lipinski definition) is 1. The molecule has 1 heterocycles. The summed E-state index contributed by atoms with van der Waals surface area (Å²) in [4.78, 5) is 2.39. The second kappa shape index (κ2) is 5.65. The van der Waals surface area contributed by atoms with Crippen molar-refractivity contribution in [2.45, 2.75) is 19.5 Å². The summed E-state index contributed by atoms with van der Waals surface area (Å²) >= 11 is 12.1. The van der Waals surface area contributed by atoms with Gasteiger partial charge in [0.2, 0.25) is 0 Å². The normalized spacial score (nSPS) is 14.5. The molecule has 0 amide bonds. The Hall–Kier alpha value is -1.22. The van der Waals surface area contributed by atoms with E-state index in [9.17, 15) is 0 Å². The van der Waals surface area contributed by atoms with Crippen molar-refractivity contribution in [1.82, 2.24) is 4.90 Å². The summed E-state index contributed by atoms with van der Waals surface area (Å²) in [5, 5.41) is 1.42. The van der Waals surface area contributed by atoms with E-state index in [0.717, 1.165) is 42.3 Å². The zero-order valence-corrected chi connectivity index (χ0v) is 12.6. The Bertz CT molecular complexity index is 640. The predicted octanol–water partition coefficient (Wildman–Crippen LogP) is 4.13. The number of nitrogens with two attached hydrogens (primary N) is 1. The van der Waals surface area contributed by atoms with Crippen LogP contribution in [0.25, 0.3) is 0 Å². The Morgan fingerprint density at radius 3 is 2.70 bits per heavy atom. The first-order chi connectivity index (χ1) is 9.63. The molecule has 4 heteroatoms. The molecule has 0 saturated carbocycles. The fourth-order valence-corrected chi connectivity index (χ4v) is 3.18. The molecule has 3 rings (SSSR count). The molecule has 0 saturated heterocycles. The predicted molar refractivity (Wildman–Crippen MR) is 85.1 cm³/mol. The van der Waals surface area contributed by atoms with Gasteiger partial charge in [0.25, 0.3) is 0 Å². The first kappa shape index (κ1) is 13.7. The molecule has 1 aliphatic rings. The Morgan fingerprint density at radius 1 is 1.10 bits per heavy atom. The van der Waals surface area contributed by atoms with E-state index in [1.807, 2.05) is 24.3 Å². The number of hydrogen-bond acceptors (Lipinski definition) is 2. The van der Waals surface area contributed by atoms with Crippen LogP contribution >= 0.6 is 23.2 Å². The van der Waals surface area contributed by atoms with Gasteiger partial charge in [-0.2, -0.15) is 0 Å². The van der Waals surface area contributed by atoms with Gasteiger partial charge in [-0.25, -0.2) is 0 Å². The number of fused-ring (bicyclic) bond motifs is 1. The highest BCUT2D eigenvalue weighted by molar-refractivity contribution is 6.35. The molecule has 2 aromatic carbocycles. The quantitative estimate of drug-likeness (QED) is 0.864. The minimum Gasteiger partial charge on any atom is -0.398 e. The fraction of sp³-hybridized carbons (Fsp3) is 0.250. The lowest BCUT2D eigenvalue weighted by Crippen LogP contribution is -2.19. The van der Waals surface area contributed by atoms with E-state index in [4.69, 9.17) is 28.9 Å². The molecular formula is C16H16Cl2N2. The smallest absolute Gasteiger partial charge is 0.0453 e. The van der Waals surface area contributed by atoms with Crippen LogP contribution in [0.3, 0.4) is 0 Å². The maximum absolute atomic E-state index is 6.21. The summed E-state index contributed by atoms with van der Waals surface area (Å²) < 4.78 is 0. The zero-order chi connectivity index (χ0) is 14.1. The van der Waals surface area contributed by atoms with Crippen molar-refractivity contribution in [2.75, 3.05) is 12.3 Å². The summed E-state index contributed by atoms with van der Waals surface area (Å²) in [6, 6.07) is 11.8. The molecule has 0 fully saturated rings. The van der Waals surface area contributed by atoms with Gasteiger partial charge in [0, 0.05) is 35.4 Å². The molecule has 0 aromatic heterocycles. The summed E-state index contributed by atoms with van der Waals surface area (Å²) in [7, 11) is 0. The molecule has 0 atom stereocenters. The van der Waals surface area contributed by atoms with Gasteiger partial charge in [0.15, 0.2) is 0 Å². The van der Waals surface area contributed by atoms with Crippen LogP contribution < -0.4 is 5.73 Å². The van der Waals surface area contributed by atoms with Gasteiger partial charge in [-0.15, -0.1) is 0 Å². The lowest BCUT2D eigenvalue weighted by atomic mass is 10.1. The summed E-state index contributed by atoms with van der Waals surface area (Å²) in [6.45, 7) is 2.86. The lowest BCUT2D eigenvalue weighted by molar-refractivity contribution is 0.288. The van der Waals surface area contributed by atoms with Crippen molar-refractivity contribution in [3.63, 3.8) is 0 Å². The average molecular weight is 307 g/mol. The van der Waals surface area contributed by atoms with E-state index in [2.05, 4.69) is 11.0 Å². The lowest BCUT2D eigenvalue weighted by Gasteiger charge is -2.15. The van der Waals surface area contributed by atoms with Gasteiger partial charge in [-0.05, 0) is 41.3 Å². The Morgan fingerprint density at radius 2 is 1.95 bits per heavy atom. The molecule has 20 heavy (non-hydrogen) atoms. The van der Waals surface area contributed by atoms with Crippen LogP contribution in [0.5, 0.6) is 0 Å². The van der Waals surface area contributed by atoms with E-state index < -0.39 is 0 Å². The fourth-order valence-electron chi connectivity index (χ4n) is 2.68. The number of halogens is 2. The molecule has 0 unspecified atom stereocenters. The van der Waals surface area contributed by atoms with Crippen LogP contribution in [0, 0.1) is 0 Å². The summed E-state index contributed by atoms with van der Waals surface area (Å²) in [5.41, 5.74) is 10.7. The maximum Gasteiger partial charge on any atom is 0.0453 e. The van der Waals surface area contributed by atoms with E-state index in [1.165, 1.54) is 11.1 Å². The Balaban J connectivity index is 1.65. The highest BCUT2D eigenvalue weighted by Crippen LogP contribution is 2.28. The second-order valence-corrected chi connectivity index (χ2v) is 6.02. The van der Waals surface area contributed by atoms with Crippen LogP contribution in [-0.4, -0.2) is 11.4 Å². The largest absolute Gasteiger partial charge is 0.398 e. The molecule has 0 spiro atoms.